The Morgan fingerprint density at radius 3 is 2.81 bits per heavy atom. The van der Waals surface area contributed by atoms with Crippen molar-refractivity contribution < 1.29 is 9.13 Å². The number of ether oxygens (including phenoxy) is 1. The number of methoxy groups -OCH3 is 1. The van der Waals surface area contributed by atoms with Crippen LogP contribution in [0.1, 0.15) is 31.9 Å². The highest BCUT2D eigenvalue weighted by molar-refractivity contribution is 5.20. The first-order valence-electron chi connectivity index (χ1n) is 5.19. The second-order valence-corrected chi connectivity index (χ2v) is 3.87. The van der Waals surface area contributed by atoms with Crippen LogP contribution in [-0.2, 0) is 4.74 Å². The number of nitrogens with two attached hydrogens (primary N) is 1. The van der Waals surface area contributed by atoms with Gasteiger partial charge in [0, 0.05) is 18.9 Å². The molecule has 2 unspecified atom stereocenters. The van der Waals surface area contributed by atoms with Gasteiger partial charge in [0.05, 0.1) is 17.8 Å². The zero-order chi connectivity index (χ0) is 12.2. The molecule has 0 saturated carbocycles. The summed E-state index contributed by atoms with van der Waals surface area (Å²) in [6, 6.07) is 1.19. The molecule has 90 valence electrons. The minimum absolute atomic E-state index is 0.387. The Morgan fingerprint density at radius 2 is 2.38 bits per heavy atom. The molecule has 1 heterocycles. The summed E-state index contributed by atoms with van der Waals surface area (Å²) >= 11 is 0. The fourth-order valence-corrected chi connectivity index (χ4v) is 1.68. The monoisotopic (exact) mass is 227 g/mol. The van der Waals surface area contributed by atoms with Gasteiger partial charge in [-0.2, -0.15) is 0 Å². The zero-order valence-electron chi connectivity index (χ0n) is 9.83. The number of nitrogens with zero attached hydrogens (tertiary/aromatic N) is 1. The fraction of sp³-hybridized carbons (Fsp3) is 0.545. The SMILES string of the molecule is CCC(C)(OC)C(NN)c1ccncc1F. The average Bonchev–Trinajstić information content (AvgIpc) is 2.32. The maximum atomic E-state index is 13.6. The molecule has 0 spiro atoms. The first kappa shape index (κ1) is 13.0. The molecular formula is C11H18FN3O. The van der Waals surface area contributed by atoms with E-state index in [0.717, 1.165) is 0 Å². The van der Waals surface area contributed by atoms with E-state index in [1.165, 1.54) is 12.4 Å². The summed E-state index contributed by atoms with van der Waals surface area (Å²) in [6.07, 6.45) is 3.42. The minimum atomic E-state index is -0.559. The van der Waals surface area contributed by atoms with Crippen LogP contribution in [0.4, 0.5) is 4.39 Å². The van der Waals surface area contributed by atoms with Gasteiger partial charge >= 0.3 is 0 Å². The van der Waals surface area contributed by atoms with Crippen molar-refractivity contribution in [2.45, 2.75) is 31.9 Å². The average molecular weight is 227 g/mol. The molecule has 0 aliphatic rings. The molecule has 2 atom stereocenters. The van der Waals surface area contributed by atoms with Gasteiger partial charge in [0.1, 0.15) is 5.82 Å². The van der Waals surface area contributed by atoms with Gasteiger partial charge in [0.25, 0.3) is 0 Å². The second kappa shape index (κ2) is 5.34. The maximum absolute atomic E-state index is 13.6. The molecule has 16 heavy (non-hydrogen) atoms. The Balaban J connectivity index is 3.12. The number of pyridine rings is 1. The first-order chi connectivity index (χ1) is 7.59. The van der Waals surface area contributed by atoms with Crippen LogP contribution in [0.3, 0.4) is 0 Å². The quantitative estimate of drug-likeness (QED) is 0.591. The summed E-state index contributed by atoms with van der Waals surface area (Å²) < 4.78 is 19.0. The third-order valence-electron chi connectivity index (χ3n) is 3.06. The van der Waals surface area contributed by atoms with Gasteiger partial charge in [0.2, 0.25) is 0 Å². The predicted molar refractivity (Wildman–Crippen MR) is 60.0 cm³/mol. The molecule has 5 heteroatoms. The van der Waals surface area contributed by atoms with Gasteiger partial charge in [-0.3, -0.25) is 10.8 Å². The van der Waals surface area contributed by atoms with Crippen LogP contribution in [0.2, 0.25) is 0 Å². The lowest BCUT2D eigenvalue weighted by atomic mass is 9.88. The molecule has 0 aliphatic carbocycles. The topological polar surface area (TPSA) is 60.2 Å². The van der Waals surface area contributed by atoms with E-state index < -0.39 is 11.6 Å². The fourth-order valence-electron chi connectivity index (χ4n) is 1.68. The Bertz CT molecular complexity index is 342. The lowest BCUT2D eigenvalue weighted by Crippen LogP contribution is -2.46. The van der Waals surface area contributed by atoms with Crippen molar-refractivity contribution in [2.24, 2.45) is 5.84 Å². The van der Waals surface area contributed by atoms with Crippen LogP contribution in [0.5, 0.6) is 0 Å². The molecule has 0 fully saturated rings. The molecule has 1 rings (SSSR count). The maximum Gasteiger partial charge on any atom is 0.146 e. The van der Waals surface area contributed by atoms with Crippen LogP contribution in [0.25, 0.3) is 0 Å². The molecule has 4 nitrogen and oxygen atoms in total. The van der Waals surface area contributed by atoms with Crippen LogP contribution < -0.4 is 11.3 Å². The standard InChI is InChI=1S/C11H18FN3O/c1-4-11(2,16-3)10(15-13)8-5-6-14-7-9(8)12/h5-7,10,15H,4,13H2,1-3H3. The molecule has 0 saturated heterocycles. The summed E-state index contributed by atoms with van der Waals surface area (Å²) in [5.41, 5.74) is 2.51. The molecule has 0 radical (unpaired) electrons. The molecule has 0 aliphatic heterocycles. The van der Waals surface area contributed by atoms with Gasteiger partial charge in [0.15, 0.2) is 0 Å². The van der Waals surface area contributed by atoms with Crippen molar-refractivity contribution in [1.82, 2.24) is 10.4 Å². The summed E-state index contributed by atoms with van der Waals surface area (Å²) in [7, 11) is 1.59. The van der Waals surface area contributed by atoms with Gasteiger partial charge in [-0.15, -0.1) is 0 Å². The van der Waals surface area contributed by atoms with E-state index in [4.69, 9.17) is 10.6 Å². The number of hydrazine groups is 1. The van der Waals surface area contributed by atoms with E-state index in [2.05, 4.69) is 10.4 Å². The Labute approximate surface area is 95.0 Å². The zero-order valence-corrected chi connectivity index (χ0v) is 9.83. The highest BCUT2D eigenvalue weighted by Crippen LogP contribution is 2.31. The predicted octanol–water partition coefficient (Wildman–Crippen LogP) is 1.54. The van der Waals surface area contributed by atoms with E-state index in [9.17, 15) is 4.39 Å². The molecule has 1 aromatic rings. The highest BCUT2D eigenvalue weighted by Gasteiger charge is 2.34. The van der Waals surface area contributed by atoms with Gasteiger partial charge in [-0.05, 0) is 19.4 Å². The van der Waals surface area contributed by atoms with Crippen molar-refractivity contribution >= 4 is 0 Å². The summed E-state index contributed by atoms with van der Waals surface area (Å²) in [5, 5.41) is 0. The number of halogens is 1. The lowest BCUT2D eigenvalue weighted by molar-refractivity contribution is -0.0309. The number of aromatic nitrogens is 1. The van der Waals surface area contributed by atoms with E-state index in [1.807, 2.05) is 13.8 Å². The normalized spacial score (nSPS) is 16.8. The Morgan fingerprint density at radius 1 is 1.69 bits per heavy atom. The summed E-state index contributed by atoms with van der Waals surface area (Å²) in [5.74, 6) is 5.11. The molecule has 0 aromatic carbocycles. The van der Waals surface area contributed by atoms with E-state index >= 15 is 0 Å². The summed E-state index contributed by atoms with van der Waals surface area (Å²) in [6.45, 7) is 3.85. The summed E-state index contributed by atoms with van der Waals surface area (Å²) in [4.78, 5) is 3.71. The van der Waals surface area contributed by atoms with Gasteiger partial charge in [-0.25, -0.2) is 9.82 Å². The first-order valence-corrected chi connectivity index (χ1v) is 5.19. The molecule has 3 N–H and O–H groups in total. The number of hydrogen-bond acceptors (Lipinski definition) is 4. The van der Waals surface area contributed by atoms with Crippen LogP contribution in [-0.4, -0.2) is 17.7 Å². The molecule has 0 amide bonds. The smallest absolute Gasteiger partial charge is 0.146 e. The van der Waals surface area contributed by atoms with Crippen molar-refractivity contribution in [3.05, 3.63) is 29.8 Å². The molecule has 1 aromatic heterocycles. The molecular weight excluding hydrogens is 209 g/mol. The largest absolute Gasteiger partial charge is 0.376 e. The number of rotatable bonds is 5. The second-order valence-electron chi connectivity index (χ2n) is 3.87. The highest BCUT2D eigenvalue weighted by atomic mass is 19.1. The minimum Gasteiger partial charge on any atom is -0.376 e. The van der Waals surface area contributed by atoms with Crippen molar-refractivity contribution in [3.8, 4) is 0 Å². The lowest BCUT2D eigenvalue weighted by Gasteiger charge is -2.35. The number of nitrogens with one attached hydrogen (secondary N) is 1. The van der Waals surface area contributed by atoms with Crippen molar-refractivity contribution in [3.63, 3.8) is 0 Å². The Kier molecular flexibility index (Phi) is 4.35. The van der Waals surface area contributed by atoms with Crippen molar-refractivity contribution in [2.75, 3.05) is 7.11 Å². The van der Waals surface area contributed by atoms with E-state index in [1.54, 1.807) is 13.2 Å². The third kappa shape index (κ3) is 2.37. The van der Waals surface area contributed by atoms with E-state index in [0.29, 0.717) is 12.0 Å². The van der Waals surface area contributed by atoms with Crippen LogP contribution in [0.15, 0.2) is 18.5 Å². The third-order valence-corrected chi connectivity index (χ3v) is 3.06. The van der Waals surface area contributed by atoms with E-state index in [-0.39, 0.29) is 5.82 Å². The Hall–Kier alpha value is -1.04. The van der Waals surface area contributed by atoms with Crippen LogP contribution >= 0.6 is 0 Å². The van der Waals surface area contributed by atoms with Gasteiger partial charge < -0.3 is 4.74 Å². The van der Waals surface area contributed by atoms with Gasteiger partial charge in [-0.1, -0.05) is 6.92 Å². The van der Waals surface area contributed by atoms with Crippen LogP contribution in [0, 0.1) is 5.82 Å². The number of hydrogen-bond donors (Lipinski definition) is 2. The van der Waals surface area contributed by atoms with Crippen molar-refractivity contribution in [1.29, 1.82) is 0 Å². The molecule has 0 bridgehead atoms.